The number of benzene rings is 1. The van der Waals surface area contributed by atoms with Crippen LogP contribution in [0.2, 0.25) is 0 Å². The molecule has 0 saturated carbocycles. The average Bonchev–Trinajstić information content (AvgIpc) is 2.40. The molecule has 2 rings (SSSR count). The Hall–Kier alpha value is -1.06. The van der Waals surface area contributed by atoms with Crippen molar-refractivity contribution in [2.45, 2.75) is 39.4 Å². The third kappa shape index (κ3) is 3.28. The molecule has 0 amide bonds. The third-order valence-corrected chi connectivity index (χ3v) is 4.00. The van der Waals surface area contributed by atoms with Crippen LogP contribution in [0.1, 0.15) is 39.4 Å². The third-order valence-electron chi connectivity index (χ3n) is 4.00. The first-order valence-electron chi connectivity index (χ1n) is 7.16. The van der Waals surface area contributed by atoms with Gasteiger partial charge in [0.05, 0.1) is 18.3 Å². The molecule has 1 aliphatic rings. The van der Waals surface area contributed by atoms with Gasteiger partial charge in [-0.05, 0) is 37.5 Å². The first kappa shape index (κ1) is 14.4. The molecule has 106 valence electrons. The van der Waals surface area contributed by atoms with E-state index in [1.54, 1.807) is 0 Å². The van der Waals surface area contributed by atoms with Gasteiger partial charge in [0, 0.05) is 13.1 Å². The van der Waals surface area contributed by atoms with E-state index in [1.807, 2.05) is 19.1 Å². The highest BCUT2D eigenvalue weighted by Gasteiger charge is 2.36. The summed E-state index contributed by atoms with van der Waals surface area (Å²) < 4.78 is 11.8. The van der Waals surface area contributed by atoms with E-state index in [2.05, 4.69) is 38.2 Å². The smallest absolute Gasteiger partial charge is 0.119 e. The molecular formula is C16H25NO2. The molecule has 19 heavy (non-hydrogen) atoms. The number of ether oxygens (including phenoxy) is 2. The van der Waals surface area contributed by atoms with Gasteiger partial charge >= 0.3 is 0 Å². The molecule has 0 aliphatic carbocycles. The number of hydrogen-bond donors (Lipinski definition) is 1. The van der Waals surface area contributed by atoms with Crippen molar-refractivity contribution in [1.82, 2.24) is 5.32 Å². The summed E-state index contributed by atoms with van der Waals surface area (Å²) in [5.74, 6) is 1.41. The van der Waals surface area contributed by atoms with Crippen LogP contribution < -0.4 is 10.1 Å². The molecule has 1 aliphatic heterocycles. The molecule has 1 aromatic rings. The van der Waals surface area contributed by atoms with Gasteiger partial charge in [-0.1, -0.05) is 26.0 Å². The molecule has 3 nitrogen and oxygen atoms in total. The average molecular weight is 263 g/mol. The fourth-order valence-electron chi connectivity index (χ4n) is 2.33. The van der Waals surface area contributed by atoms with Gasteiger partial charge in [0.2, 0.25) is 0 Å². The molecule has 1 heterocycles. The van der Waals surface area contributed by atoms with E-state index in [-0.39, 0.29) is 11.7 Å². The first-order valence-corrected chi connectivity index (χ1v) is 7.16. The van der Waals surface area contributed by atoms with E-state index in [1.165, 1.54) is 5.56 Å². The van der Waals surface area contributed by atoms with Crippen LogP contribution >= 0.6 is 0 Å². The van der Waals surface area contributed by atoms with E-state index < -0.39 is 0 Å². The quantitative estimate of drug-likeness (QED) is 0.905. The Kier molecular flexibility index (Phi) is 4.48. The lowest BCUT2D eigenvalue weighted by Gasteiger charge is -2.42. The zero-order valence-electron chi connectivity index (χ0n) is 12.4. The lowest BCUT2D eigenvalue weighted by molar-refractivity contribution is -0.132. The summed E-state index contributed by atoms with van der Waals surface area (Å²) in [6.45, 7) is 11.1. The van der Waals surface area contributed by atoms with Crippen LogP contribution in [0.5, 0.6) is 5.75 Å². The molecule has 1 saturated heterocycles. The summed E-state index contributed by atoms with van der Waals surface area (Å²) in [4.78, 5) is 0. The Labute approximate surface area is 116 Å². The predicted octanol–water partition coefficient (Wildman–Crippen LogP) is 3.16. The van der Waals surface area contributed by atoms with Gasteiger partial charge in [-0.3, -0.25) is 0 Å². The van der Waals surface area contributed by atoms with Gasteiger partial charge < -0.3 is 14.8 Å². The number of morpholine rings is 1. The molecule has 0 spiro atoms. The van der Waals surface area contributed by atoms with E-state index in [9.17, 15) is 0 Å². The summed E-state index contributed by atoms with van der Waals surface area (Å²) in [7, 11) is 0. The number of nitrogens with one attached hydrogen (secondary N) is 1. The van der Waals surface area contributed by atoms with Crippen LogP contribution in [0.25, 0.3) is 0 Å². The Bertz CT molecular complexity index is 402. The van der Waals surface area contributed by atoms with Gasteiger partial charge in [-0.15, -0.1) is 0 Å². The second kappa shape index (κ2) is 5.93. The lowest BCUT2D eigenvalue weighted by atomic mass is 9.90. The zero-order valence-corrected chi connectivity index (χ0v) is 12.4. The first-order chi connectivity index (χ1) is 9.05. The second-order valence-electron chi connectivity index (χ2n) is 5.71. The summed E-state index contributed by atoms with van der Waals surface area (Å²) in [6.07, 6.45) is 0.122. The van der Waals surface area contributed by atoms with Gasteiger partial charge in [-0.2, -0.15) is 0 Å². The highest BCUT2D eigenvalue weighted by molar-refractivity contribution is 5.29. The van der Waals surface area contributed by atoms with Crippen molar-refractivity contribution in [1.29, 1.82) is 0 Å². The molecule has 2 unspecified atom stereocenters. The minimum Gasteiger partial charge on any atom is -0.494 e. The summed E-state index contributed by atoms with van der Waals surface area (Å²) in [6, 6.07) is 8.24. The van der Waals surface area contributed by atoms with Crippen molar-refractivity contribution < 1.29 is 9.47 Å². The van der Waals surface area contributed by atoms with Gasteiger partial charge in [0.25, 0.3) is 0 Å². The molecular weight excluding hydrogens is 238 g/mol. The molecule has 1 fully saturated rings. The normalized spacial score (nSPS) is 27.5. The monoisotopic (exact) mass is 263 g/mol. The topological polar surface area (TPSA) is 30.5 Å². The van der Waals surface area contributed by atoms with Gasteiger partial charge in [-0.25, -0.2) is 0 Å². The van der Waals surface area contributed by atoms with Crippen molar-refractivity contribution in [3.05, 3.63) is 29.8 Å². The minimum atomic E-state index is -0.0957. The van der Waals surface area contributed by atoms with Crippen molar-refractivity contribution in [2.24, 2.45) is 5.92 Å². The Morgan fingerprint density at radius 2 is 2.05 bits per heavy atom. The van der Waals surface area contributed by atoms with Crippen LogP contribution in [-0.2, 0) is 4.74 Å². The maximum absolute atomic E-state index is 6.32. The van der Waals surface area contributed by atoms with Gasteiger partial charge in [0.15, 0.2) is 0 Å². The maximum Gasteiger partial charge on any atom is 0.119 e. The van der Waals surface area contributed by atoms with E-state index >= 15 is 0 Å². The Morgan fingerprint density at radius 3 is 2.63 bits per heavy atom. The summed E-state index contributed by atoms with van der Waals surface area (Å²) in [5.41, 5.74) is 1.11. The molecule has 1 N–H and O–H groups in total. The van der Waals surface area contributed by atoms with Crippen molar-refractivity contribution in [2.75, 3.05) is 19.7 Å². The molecule has 0 aromatic heterocycles. The molecule has 0 bridgehead atoms. The highest BCUT2D eigenvalue weighted by Crippen LogP contribution is 2.32. The van der Waals surface area contributed by atoms with Gasteiger partial charge in [0.1, 0.15) is 5.75 Å². The summed E-state index contributed by atoms with van der Waals surface area (Å²) in [5, 5.41) is 3.49. The second-order valence-corrected chi connectivity index (χ2v) is 5.71. The molecule has 3 heteroatoms. The van der Waals surface area contributed by atoms with Crippen molar-refractivity contribution in [3.8, 4) is 5.75 Å². The Balaban J connectivity index is 2.09. The molecule has 1 aromatic carbocycles. The molecule has 0 radical (unpaired) electrons. The van der Waals surface area contributed by atoms with E-state index in [4.69, 9.17) is 9.47 Å². The Morgan fingerprint density at radius 1 is 1.37 bits per heavy atom. The fourth-order valence-corrected chi connectivity index (χ4v) is 2.33. The van der Waals surface area contributed by atoms with E-state index in [0.29, 0.717) is 12.5 Å². The van der Waals surface area contributed by atoms with Crippen molar-refractivity contribution >= 4 is 0 Å². The largest absolute Gasteiger partial charge is 0.494 e. The minimum absolute atomic E-state index is 0.0957. The number of rotatable bonds is 4. The predicted molar refractivity (Wildman–Crippen MR) is 77.5 cm³/mol. The van der Waals surface area contributed by atoms with Crippen LogP contribution in [-0.4, -0.2) is 25.3 Å². The standard InChI is InChI=1S/C16H25NO2/c1-5-18-14-8-6-13(7-9-14)15-10-17-11-16(4,19-15)12(2)3/h6-9,12,15,17H,5,10-11H2,1-4H3. The lowest BCUT2D eigenvalue weighted by Crippen LogP contribution is -2.52. The fraction of sp³-hybridized carbons (Fsp3) is 0.625. The van der Waals surface area contributed by atoms with Crippen LogP contribution in [0.4, 0.5) is 0 Å². The maximum atomic E-state index is 6.32. The zero-order chi connectivity index (χ0) is 13.9. The van der Waals surface area contributed by atoms with E-state index in [0.717, 1.165) is 18.8 Å². The number of hydrogen-bond acceptors (Lipinski definition) is 3. The van der Waals surface area contributed by atoms with Crippen molar-refractivity contribution in [3.63, 3.8) is 0 Å². The highest BCUT2D eigenvalue weighted by atomic mass is 16.5. The molecule has 2 atom stereocenters. The van der Waals surface area contributed by atoms with Crippen LogP contribution in [0.3, 0.4) is 0 Å². The summed E-state index contributed by atoms with van der Waals surface area (Å²) >= 11 is 0. The van der Waals surface area contributed by atoms with Crippen LogP contribution in [0, 0.1) is 5.92 Å². The van der Waals surface area contributed by atoms with Crippen LogP contribution in [0.15, 0.2) is 24.3 Å². The SMILES string of the molecule is CCOc1ccc(C2CNCC(C)(C(C)C)O2)cc1.